The molecule has 2 aromatic rings. The summed E-state index contributed by atoms with van der Waals surface area (Å²) < 4.78 is 23.7. The number of carbonyl (C=O) groups excluding carboxylic acids is 1. The Hall–Kier alpha value is -3.09. The summed E-state index contributed by atoms with van der Waals surface area (Å²) in [4.78, 5) is 12.3. The molecule has 0 aliphatic carbocycles. The van der Waals surface area contributed by atoms with Gasteiger partial charge in [0.15, 0.2) is 11.5 Å². The molecule has 2 rings (SSSR count). The summed E-state index contributed by atoms with van der Waals surface area (Å²) in [5, 5.41) is 13.9. The van der Waals surface area contributed by atoms with E-state index in [0.717, 1.165) is 6.07 Å². The van der Waals surface area contributed by atoms with Gasteiger partial charge in [0.25, 0.3) is 5.91 Å². The molecule has 6 nitrogen and oxygen atoms in total. The van der Waals surface area contributed by atoms with Crippen molar-refractivity contribution < 1.29 is 23.8 Å². The molecule has 0 saturated heterocycles. The van der Waals surface area contributed by atoms with Crippen LogP contribution in [-0.4, -0.2) is 30.9 Å². The third-order valence-corrected chi connectivity index (χ3v) is 3.54. The van der Waals surface area contributed by atoms with Crippen molar-refractivity contribution in [1.29, 1.82) is 0 Å². The number of hydrogen-bond acceptors (Lipinski definition) is 5. The molecule has 0 unspecified atom stereocenters. The van der Waals surface area contributed by atoms with E-state index in [0.29, 0.717) is 29.2 Å². The number of ether oxygens (including phenoxy) is 2. The molecule has 132 valence electrons. The van der Waals surface area contributed by atoms with Crippen LogP contribution < -0.4 is 14.9 Å². The van der Waals surface area contributed by atoms with E-state index in [-0.39, 0.29) is 11.3 Å². The van der Waals surface area contributed by atoms with E-state index in [2.05, 4.69) is 10.5 Å². The number of nitrogens with zero attached hydrogens (tertiary/aromatic N) is 1. The normalized spacial score (nSPS) is 11.1. The van der Waals surface area contributed by atoms with Gasteiger partial charge in [-0.3, -0.25) is 4.79 Å². The maximum Gasteiger partial charge on any atom is 0.271 e. The van der Waals surface area contributed by atoms with Gasteiger partial charge in [0.05, 0.1) is 19.9 Å². The van der Waals surface area contributed by atoms with Gasteiger partial charge in [-0.2, -0.15) is 5.10 Å². The van der Waals surface area contributed by atoms with E-state index >= 15 is 0 Å². The summed E-state index contributed by atoms with van der Waals surface area (Å²) in [7, 11) is 2.97. The first-order chi connectivity index (χ1) is 12.0. The Morgan fingerprint density at radius 1 is 1.16 bits per heavy atom. The zero-order chi connectivity index (χ0) is 18.4. The Bertz CT molecular complexity index is 806. The first-order valence-electron chi connectivity index (χ1n) is 7.58. The number of carbonyl (C=O) groups is 1. The van der Waals surface area contributed by atoms with Gasteiger partial charge < -0.3 is 14.6 Å². The molecular weight excluding hydrogens is 327 g/mol. The fourth-order valence-corrected chi connectivity index (χ4v) is 2.23. The lowest BCUT2D eigenvalue weighted by Crippen LogP contribution is -2.20. The number of methoxy groups -OCH3 is 2. The minimum atomic E-state index is -0.500. The van der Waals surface area contributed by atoms with Crippen LogP contribution in [-0.2, 0) is 0 Å². The first kappa shape index (κ1) is 18.3. The summed E-state index contributed by atoms with van der Waals surface area (Å²) in [5.41, 5.74) is 3.31. The number of phenols is 1. The number of phenolic OH excluding ortho intramolecular Hbond substituents is 1. The number of rotatable bonds is 6. The molecule has 0 saturated carbocycles. The lowest BCUT2D eigenvalue weighted by atomic mass is 10.1. The number of hydrogen-bond donors (Lipinski definition) is 2. The van der Waals surface area contributed by atoms with Gasteiger partial charge in [-0.15, -0.1) is 0 Å². The second-order valence-corrected chi connectivity index (χ2v) is 5.08. The number of benzene rings is 2. The highest BCUT2D eigenvalue weighted by Gasteiger charge is 2.12. The predicted molar refractivity (Wildman–Crippen MR) is 91.9 cm³/mol. The minimum Gasteiger partial charge on any atom is -0.507 e. The highest BCUT2D eigenvalue weighted by molar-refractivity contribution is 6.04. The molecule has 0 heterocycles. The van der Waals surface area contributed by atoms with Crippen LogP contribution in [0.15, 0.2) is 41.5 Å². The third-order valence-electron chi connectivity index (χ3n) is 3.54. The fourth-order valence-electron chi connectivity index (χ4n) is 2.23. The summed E-state index contributed by atoms with van der Waals surface area (Å²) in [6, 6.07) is 8.25. The molecule has 0 bridgehead atoms. The van der Waals surface area contributed by atoms with Crippen LogP contribution in [0.1, 0.15) is 29.3 Å². The van der Waals surface area contributed by atoms with Crippen LogP contribution in [0, 0.1) is 5.82 Å². The van der Waals surface area contributed by atoms with Crippen LogP contribution in [0.2, 0.25) is 0 Å². The average molecular weight is 346 g/mol. The van der Waals surface area contributed by atoms with Crippen molar-refractivity contribution in [3.05, 3.63) is 53.3 Å². The van der Waals surface area contributed by atoms with Gasteiger partial charge in [-0.25, -0.2) is 9.82 Å². The largest absolute Gasteiger partial charge is 0.507 e. The summed E-state index contributed by atoms with van der Waals surface area (Å²) in [6.07, 6.45) is 0.392. The molecule has 0 aliphatic rings. The van der Waals surface area contributed by atoms with Crippen LogP contribution >= 0.6 is 0 Å². The maximum absolute atomic E-state index is 13.4. The molecule has 0 radical (unpaired) electrons. The van der Waals surface area contributed by atoms with E-state index < -0.39 is 11.7 Å². The molecule has 2 N–H and O–H groups in total. The summed E-state index contributed by atoms with van der Waals surface area (Å²) >= 11 is 0. The molecule has 7 heteroatoms. The lowest BCUT2D eigenvalue weighted by Gasteiger charge is -2.10. The van der Waals surface area contributed by atoms with Crippen molar-refractivity contribution >= 4 is 11.6 Å². The van der Waals surface area contributed by atoms with E-state index in [1.54, 1.807) is 19.1 Å². The molecule has 0 aliphatic heterocycles. The fraction of sp³-hybridized carbons (Fsp3) is 0.222. The predicted octanol–water partition coefficient (Wildman–Crippen LogP) is 3.09. The summed E-state index contributed by atoms with van der Waals surface area (Å²) in [5.74, 6) is -0.163. The van der Waals surface area contributed by atoms with Gasteiger partial charge in [-0.05, 0) is 42.8 Å². The number of nitrogens with one attached hydrogen (secondary N) is 1. The van der Waals surface area contributed by atoms with E-state index in [9.17, 15) is 14.3 Å². The van der Waals surface area contributed by atoms with Crippen molar-refractivity contribution in [3.63, 3.8) is 0 Å². The number of hydrazone groups is 1. The quantitative estimate of drug-likeness (QED) is 0.622. The van der Waals surface area contributed by atoms with E-state index in [1.165, 1.54) is 32.4 Å². The Balaban J connectivity index is 2.24. The topological polar surface area (TPSA) is 80.2 Å². The smallest absolute Gasteiger partial charge is 0.271 e. The van der Waals surface area contributed by atoms with Gasteiger partial charge in [0.2, 0.25) is 0 Å². The Kier molecular flexibility index (Phi) is 5.94. The van der Waals surface area contributed by atoms with Gasteiger partial charge in [0, 0.05) is 11.1 Å². The zero-order valence-corrected chi connectivity index (χ0v) is 14.2. The van der Waals surface area contributed by atoms with Crippen LogP contribution in [0.5, 0.6) is 17.2 Å². The van der Waals surface area contributed by atoms with Crippen molar-refractivity contribution in [2.24, 2.45) is 5.10 Å². The number of amides is 1. The average Bonchev–Trinajstić information content (AvgIpc) is 2.63. The highest BCUT2D eigenvalue weighted by Crippen LogP contribution is 2.27. The molecule has 1 amide bonds. The van der Waals surface area contributed by atoms with E-state index in [4.69, 9.17) is 9.47 Å². The second-order valence-electron chi connectivity index (χ2n) is 5.08. The monoisotopic (exact) mass is 346 g/mol. The summed E-state index contributed by atoms with van der Waals surface area (Å²) in [6.45, 7) is 1.78. The first-order valence-corrected chi connectivity index (χ1v) is 7.58. The lowest BCUT2D eigenvalue weighted by molar-refractivity contribution is 0.0954. The Morgan fingerprint density at radius 3 is 2.52 bits per heavy atom. The molecule has 0 atom stereocenters. The van der Waals surface area contributed by atoms with Gasteiger partial charge >= 0.3 is 0 Å². The molecule has 0 spiro atoms. The number of aromatic hydroxyl groups is 1. The molecule has 2 aromatic carbocycles. The van der Waals surface area contributed by atoms with Crippen LogP contribution in [0.4, 0.5) is 4.39 Å². The van der Waals surface area contributed by atoms with Crippen molar-refractivity contribution in [1.82, 2.24) is 5.43 Å². The zero-order valence-electron chi connectivity index (χ0n) is 14.2. The SMILES string of the molecule is CCC(=NNC(=O)c1ccc(OC)c(OC)c1)c1cc(F)ccc1O. The van der Waals surface area contributed by atoms with Crippen LogP contribution in [0.25, 0.3) is 0 Å². The Morgan fingerprint density at radius 2 is 1.88 bits per heavy atom. The van der Waals surface area contributed by atoms with E-state index in [1.807, 2.05) is 0 Å². The molecule has 25 heavy (non-hydrogen) atoms. The van der Waals surface area contributed by atoms with Gasteiger partial charge in [-0.1, -0.05) is 6.92 Å². The van der Waals surface area contributed by atoms with Gasteiger partial charge in [0.1, 0.15) is 11.6 Å². The third kappa shape index (κ3) is 4.26. The van der Waals surface area contributed by atoms with Crippen molar-refractivity contribution in [3.8, 4) is 17.2 Å². The molecular formula is C18H19FN2O4. The van der Waals surface area contributed by atoms with Crippen molar-refractivity contribution in [2.75, 3.05) is 14.2 Å². The van der Waals surface area contributed by atoms with Crippen LogP contribution in [0.3, 0.4) is 0 Å². The van der Waals surface area contributed by atoms with Crippen molar-refractivity contribution in [2.45, 2.75) is 13.3 Å². The number of halogens is 1. The molecule has 0 aromatic heterocycles. The standard InChI is InChI=1S/C18H19FN2O4/c1-4-14(13-10-12(19)6-7-15(13)22)20-21-18(23)11-5-8-16(24-2)17(9-11)25-3/h5-10,22H,4H2,1-3H3,(H,21,23). The molecule has 0 fully saturated rings. The Labute approximate surface area is 144 Å². The maximum atomic E-state index is 13.4. The minimum absolute atomic E-state index is 0.109. The second kappa shape index (κ2) is 8.14. The highest BCUT2D eigenvalue weighted by atomic mass is 19.1.